The van der Waals surface area contributed by atoms with Gasteiger partial charge in [0.05, 0.1) is 18.4 Å². The van der Waals surface area contributed by atoms with Crippen LogP contribution in [0.1, 0.15) is 28.9 Å². The van der Waals surface area contributed by atoms with Crippen LogP contribution in [0, 0.1) is 0 Å². The van der Waals surface area contributed by atoms with Gasteiger partial charge in [0.2, 0.25) is 5.91 Å². The summed E-state index contributed by atoms with van der Waals surface area (Å²) in [6, 6.07) is 3.55. The Morgan fingerprint density at radius 3 is 3.16 bits per heavy atom. The van der Waals surface area contributed by atoms with Crippen LogP contribution < -0.4 is 10.6 Å². The van der Waals surface area contributed by atoms with Crippen molar-refractivity contribution in [3.8, 4) is 0 Å². The molecule has 0 saturated carbocycles. The van der Waals surface area contributed by atoms with Gasteiger partial charge in [-0.1, -0.05) is 0 Å². The zero-order valence-corrected chi connectivity index (χ0v) is 10.8. The largest absolute Gasteiger partial charge is 0.465 e. The zero-order valence-electron chi connectivity index (χ0n) is 10.8. The summed E-state index contributed by atoms with van der Waals surface area (Å²) in [5, 5.41) is 6.07. The fourth-order valence-corrected chi connectivity index (χ4v) is 2.07. The van der Waals surface area contributed by atoms with E-state index in [-0.39, 0.29) is 17.9 Å². The average molecular weight is 263 g/mol. The van der Waals surface area contributed by atoms with Crippen molar-refractivity contribution in [3.63, 3.8) is 0 Å². The highest BCUT2D eigenvalue weighted by molar-refractivity contribution is 5.90. The highest BCUT2D eigenvalue weighted by atomic mass is 16.5. The van der Waals surface area contributed by atoms with Crippen LogP contribution in [0.2, 0.25) is 0 Å². The number of methoxy groups -OCH3 is 1. The molecule has 2 N–H and O–H groups in total. The number of ether oxygens (including phenoxy) is 1. The van der Waals surface area contributed by atoms with Gasteiger partial charge in [-0.3, -0.25) is 9.78 Å². The summed E-state index contributed by atoms with van der Waals surface area (Å²) in [6.07, 6.45) is 3.07. The Morgan fingerprint density at radius 2 is 2.47 bits per heavy atom. The number of hydrogen-bond acceptors (Lipinski definition) is 5. The highest BCUT2D eigenvalue weighted by Crippen LogP contribution is 2.08. The van der Waals surface area contributed by atoms with Gasteiger partial charge in [-0.2, -0.15) is 0 Å². The molecule has 1 amide bonds. The first-order valence-electron chi connectivity index (χ1n) is 6.23. The van der Waals surface area contributed by atoms with E-state index in [0.717, 1.165) is 6.42 Å². The zero-order chi connectivity index (χ0) is 13.7. The van der Waals surface area contributed by atoms with Crippen LogP contribution in [-0.2, 0) is 16.1 Å². The van der Waals surface area contributed by atoms with Gasteiger partial charge in [0.15, 0.2) is 0 Å². The first-order valence-corrected chi connectivity index (χ1v) is 6.23. The molecule has 1 atom stereocenters. The van der Waals surface area contributed by atoms with Crippen molar-refractivity contribution in [2.45, 2.75) is 25.4 Å². The molecule has 19 heavy (non-hydrogen) atoms. The lowest BCUT2D eigenvalue weighted by atomic mass is 10.2. The van der Waals surface area contributed by atoms with E-state index in [9.17, 15) is 9.59 Å². The van der Waals surface area contributed by atoms with Gasteiger partial charge in [0.25, 0.3) is 0 Å². The molecule has 0 aromatic carbocycles. The SMILES string of the molecule is COC(=O)c1cccnc1CNCC1CCC(=O)N1. The smallest absolute Gasteiger partial charge is 0.339 e. The lowest BCUT2D eigenvalue weighted by molar-refractivity contribution is -0.119. The Labute approximate surface area is 111 Å². The molecule has 1 aromatic rings. The van der Waals surface area contributed by atoms with E-state index in [0.29, 0.717) is 30.8 Å². The van der Waals surface area contributed by atoms with Gasteiger partial charge in [0, 0.05) is 31.7 Å². The normalized spacial score (nSPS) is 18.2. The van der Waals surface area contributed by atoms with E-state index in [2.05, 4.69) is 15.6 Å². The molecule has 0 bridgehead atoms. The van der Waals surface area contributed by atoms with Crippen LogP contribution in [0.3, 0.4) is 0 Å². The first kappa shape index (κ1) is 13.5. The second kappa shape index (κ2) is 6.29. The summed E-state index contributed by atoms with van der Waals surface area (Å²) >= 11 is 0. The first-order chi connectivity index (χ1) is 9.20. The van der Waals surface area contributed by atoms with Crippen molar-refractivity contribution in [2.75, 3.05) is 13.7 Å². The molecule has 0 aliphatic carbocycles. The van der Waals surface area contributed by atoms with Crippen LogP contribution in [0.15, 0.2) is 18.3 Å². The molecule has 1 aliphatic rings. The molecular formula is C13H17N3O3. The fourth-order valence-electron chi connectivity index (χ4n) is 2.07. The van der Waals surface area contributed by atoms with Crippen molar-refractivity contribution in [1.82, 2.24) is 15.6 Å². The maximum atomic E-state index is 11.5. The third-order valence-corrected chi connectivity index (χ3v) is 3.06. The molecule has 6 heteroatoms. The van der Waals surface area contributed by atoms with Crippen LogP contribution in [-0.4, -0.2) is 36.6 Å². The monoisotopic (exact) mass is 263 g/mol. The predicted octanol–water partition coefficient (Wildman–Crippen LogP) is 0.236. The summed E-state index contributed by atoms with van der Waals surface area (Å²) in [5.74, 6) is -0.293. The van der Waals surface area contributed by atoms with E-state index in [1.807, 2.05) is 0 Å². The maximum absolute atomic E-state index is 11.5. The van der Waals surface area contributed by atoms with Crippen molar-refractivity contribution in [1.29, 1.82) is 0 Å². The van der Waals surface area contributed by atoms with Crippen molar-refractivity contribution < 1.29 is 14.3 Å². The van der Waals surface area contributed by atoms with E-state index in [4.69, 9.17) is 4.74 Å². The molecule has 2 heterocycles. The summed E-state index contributed by atoms with van der Waals surface area (Å²) in [4.78, 5) is 26.8. The van der Waals surface area contributed by atoms with Gasteiger partial charge in [-0.25, -0.2) is 4.79 Å². The second-order valence-electron chi connectivity index (χ2n) is 4.42. The van der Waals surface area contributed by atoms with Crippen LogP contribution in [0.4, 0.5) is 0 Å². The summed E-state index contributed by atoms with van der Waals surface area (Å²) in [6.45, 7) is 1.14. The molecule has 0 radical (unpaired) electrons. The Bertz CT molecular complexity index is 476. The second-order valence-corrected chi connectivity index (χ2v) is 4.42. The number of carbonyl (C=O) groups excluding carboxylic acids is 2. The maximum Gasteiger partial charge on any atom is 0.339 e. The topological polar surface area (TPSA) is 80.3 Å². The molecule has 1 saturated heterocycles. The Hall–Kier alpha value is -1.95. The van der Waals surface area contributed by atoms with Gasteiger partial charge in [-0.05, 0) is 18.6 Å². The molecule has 1 aliphatic heterocycles. The highest BCUT2D eigenvalue weighted by Gasteiger charge is 2.20. The fraction of sp³-hybridized carbons (Fsp3) is 0.462. The van der Waals surface area contributed by atoms with E-state index < -0.39 is 0 Å². The Kier molecular flexibility index (Phi) is 4.46. The minimum absolute atomic E-state index is 0.0971. The summed E-state index contributed by atoms with van der Waals surface area (Å²) in [7, 11) is 1.35. The van der Waals surface area contributed by atoms with E-state index in [1.54, 1.807) is 18.3 Å². The molecule has 1 unspecified atom stereocenters. The van der Waals surface area contributed by atoms with Crippen LogP contribution >= 0.6 is 0 Å². The van der Waals surface area contributed by atoms with Gasteiger partial charge in [0.1, 0.15) is 0 Å². The standard InChI is InChI=1S/C13H17N3O3/c1-19-13(18)10-3-2-6-15-11(10)8-14-7-9-4-5-12(17)16-9/h2-3,6,9,14H,4-5,7-8H2,1H3,(H,16,17). The number of pyridine rings is 1. The Balaban J connectivity index is 1.89. The van der Waals surface area contributed by atoms with Gasteiger partial charge in [-0.15, -0.1) is 0 Å². The molecule has 1 fully saturated rings. The lowest BCUT2D eigenvalue weighted by Gasteiger charge is -2.12. The number of nitrogens with zero attached hydrogens (tertiary/aromatic N) is 1. The molecule has 0 spiro atoms. The summed E-state index contributed by atoms with van der Waals surface area (Å²) in [5.41, 5.74) is 1.12. The van der Waals surface area contributed by atoms with Crippen LogP contribution in [0.25, 0.3) is 0 Å². The van der Waals surface area contributed by atoms with E-state index >= 15 is 0 Å². The third-order valence-electron chi connectivity index (χ3n) is 3.06. The number of esters is 1. The van der Waals surface area contributed by atoms with Crippen molar-refractivity contribution >= 4 is 11.9 Å². The quantitative estimate of drug-likeness (QED) is 0.744. The molecule has 1 aromatic heterocycles. The minimum atomic E-state index is -0.390. The van der Waals surface area contributed by atoms with Gasteiger partial charge >= 0.3 is 5.97 Å². The molecule has 2 rings (SSSR count). The predicted molar refractivity (Wildman–Crippen MR) is 68.4 cm³/mol. The average Bonchev–Trinajstić information content (AvgIpc) is 2.84. The Morgan fingerprint density at radius 1 is 1.63 bits per heavy atom. The number of aromatic nitrogens is 1. The lowest BCUT2D eigenvalue weighted by Crippen LogP contribution is -2.35. The number of nitrogens with one attached hydrogen (secondary N) is 2. The number of hydrogen-bond donors (Lipinski definition) is 2. The minimum Gasteiger partial charge on any atom is -0.465 e. The molecule has 6 nitrogen and oxygen atoms in total. The number of carbonyl (C=O) groups is 2. The number of amides is 1. The van der Waals surface area contributed by atoms with Crippen molar-refractivity contribution in [3.05, 3.63) is 29.6 Å². The summed E-state index contributed by atoms with van der Waals surface area (Å²) < 4.78 is 4.71. The number of rotatable bonds is 5. The van der Waals surface area contributed by atoms with Crippen LogP contribution in [0.5, 0.6) is 0 Å². The molecular weight excluding hydrogens is 246 g/mol. The van der Waals surface area contributed by atoms with Gasteiger partial charge < -0.3 is 15.4 Å². The van der Waals surface area contributed by atoms with E-state index in [1.165, 1.54) is 7.11 Å². The third kappa shape index (κ3) is 3.51. The van der Waals surface area contributed by atoms with Crippen molar-refractivity contribution in [2.24, 2.45) is 0 Å². The molecule has 102 valence electrons.